The Balaban J connectivity index is 2.18. The molecule has 23 heavy (non-hydrogen) atoms. The summed E-state index contributed by atoms with van der Waals surface area (Å²) in [4.78, 5) is 27.9. The molecule has 0 unspecified atom stereocenters. The first-order valence-corrected chi connectivity index (χ1v) is 7.56. The average Bonchev–Trinajstić information content (AvgIpc) is 2.85. The highest BCUT2D eigenvalue weighted by Crippen LogP contribution is 2.27. The quantitative estimate of drug-likeness (QED) is 0.649. The number of anilines is 1. The van der Waals surface area contributed by atoms with Crippen LogP contribution in [0.4, 0.5) is 5.13 Å². The number of carbonyl (C=O) groups excluding carboxylic acids is 2. The third-order valence-electron chi connectivity index (χ3n) is 2.93. The maximum atomic E-state index is 12.2. The summed E-state index contributed by atoms with van der Waals surface area (Å²) >= 11 is 1.13. The summed E-state index contributed by atoms with van der Waals surface area (Å²) in [5.74, 6) is -0.0659. The Morgan fingerprint density at radius 1 is 1.39 bits per heavy atom. The van der Waals surface area contributed by atoms with Crippen LogP contribution in [-0.2, 0) is 4.79 Å². The van der Waals surface area contributed by atoms with E-state index in [1.165, 1.54) is 26.2 Å². The zero-order chi connectivity index (χ0) is 17.0. The van der Waals surface area contributed by atoms with Crippen LogP contribution in [0, 0.1) is 6.92 Å². The van der Waals surface area contributed by atoms with Crippen LogP contribution in [-0.4, -0.2) is 28.9 Å². The van der Waals surface area contributed by atoms with Gasteiger partial charge in [-0.05, 0) is 30.7 Å². The van der Waals surface area contributed by atoms with Gasteiger partial charge in [0.05, 0.1) is 17.7 Å². The molecule has 0 radical (unpaired) electrons. The molecule has 0 aliphatic heterocycles. The van der Waals surface area contributed by atoms with Gasteiger partial charge in [0, 0.05) is 6.92 Å². The Morgan fingerprint density at radius 2 is 2.13 bits per heavy atom. The lowest BCUT2D eigenvalue weighted by Crippen LogP contribution is -2.04. The van der Waals surface area contributed by atoms with Crippen LogP contribution >= 0.6 is 11.3 Å². The van der Waals surface area contributed by atoms with E-state index in [0.717, 1.165) is 16.9 Å². The number of phenolic OH excluding ortho intramolecular Hbond substituents is 1. The molecule has 1 aromatic heterocycles. The van der Waals surface area contributed by atoms with Gasteiger partial charge in [-0.25, -0.2) is 4.98 Å². The summed E-state index contributed by atoms with van der Waals surface area (Å²) in [6.45, 7) is 3.10. The maximum Gasteiger partial charge on any atom is 0.223 e. The standard InChI is InChI=1S/C16H16N2O4S/c1-9-15(23-16(17-9)18-10(2)19)13(21)7-5-11-4-6-12(20)14(8-11)22-3/h4-8,20H,1-3H3,(H,17,18,19). The lowest BCUT2D eigenvalue weighted by molar-refractivity contribution is -0.114. The third kappa shape index (κ3) is 4.17. The van der Waals surface area contributed by atoms with E-state index in [2.05, 4.69) is 10.3 Å². The van der Waals surface area contributed by atoms with Crippen LogP contribution in [0.25, 0.3) is 6.08 Å². The van der Waals surface area contributed by atoms with Gasteiger partial charge in [-0.1, -0.05) is 23.5 Å². The Kier molecular flexibility index (Phi) is 5.13. The van der Waals surface area contributed by atoms with Crippen LogP contribution in [0.5, 0.6) is 11.5 Å². The van der Waals surface area contributed by atoms with E-state index >= 15 is 0 Å². The number of hydrogen-bond donors (Lipinski definition) is 2. The monoisotopic (exact) mass is 332 g/mol. The van der Waals surface area contributed by atoms with Gasteiger partial charge in [-0.15, -0.1) is 0 Å². The topological polar surface area (TPSA) is 88.5 Å². The fraction of sp³-hybridized carbons (Fsp3) is 0.188. The lowest BCUT2D eigenvalue weighted by Gasteiger charge is -2.03. The van der Waals surface area contributed by atoms with E-state index < -0.39 is 0 Å². The Morgan fingerprint density at radius 3 is 2.78 bits per heavy atom. The molecule has 0 atom stereocenters. The fourth-order valence-corrected chi connectivity index (χ4v) is 2.81. The maximum absolute atomic E-state index is 12.2. The number of ketones is 1. The molecule has 1 amide bonds. The van der Waals surface area contributed by atoms with Crippen LogP contribution in [0.2, 0.25) is 0 Å². The van der Waals surface area contributed by atoms with Crippen molar-refractivity contribution in [2.75, 3.05) is 12.4 Å². The number of aryl methyl sites for hydroxylation is 1. The first-order chi connectivity index (χ1) is 10.9. The fourth-order valence-electron chi connectivity index (χ4n) is 1.87. The zero-order valence-electron chi connectivity index (χ0n) is 12.9. The summed E-state index contributed by atoms with van der Waals surface area (Å²) in [5, 5.41) is 12.5. The molecule has 2 aromatic rings. The molecule has 7 heteroatoms. The number of amides is 1. The van der Waals surface area contributed by atoms with Crippen molar-refractivity contribution >= 4 is 34.2 Å². The highest BCUT2D eigenvalue weighted by atomic mass is 32.1. The molecule has 0 bridgehead atoms. The summed E-state index contributed by atoms with van der Waals surface area (Å²) < 4.78 is 5.02. The number of methoxy groups -OCH3 is 1. The number of carbonyl (C=O) groups is 2. The second-order valence-corrected chi connectivity index (χ2v) is 5.74. The minimum absolute atomic E-state index is 0.0363. The second kappa shape index (κ2) is 7.06. The van der Waals surface area contributed by atoms with Crippen molar-refractivity contribution in [3.8, 4) is 11.5 Å². The number of nitrogens with one attached hydrogen (secondary N) is 1. The van der Waals surface area contributed by atoms with Gasteiger partial charge in [0.25, 0.3) is 0 Å². The molecule has 0 aliphatic rings. The van der Waals surface area contributed by atoms with Crippen molar-refractivity contribution in [2.24, 2.45) is 0 Å². The first kappa shape index (κ1) is 16.7. The van der Waals surface area contributed by atoms with Crippen molar-refractivity contribution in [3.63, 3.8) is 0 Å². The molecule has 6 nitrogen and oxygen atoms in total. The summed E-state index contributed by atoms with van der Waals surface area (Å²) in [5.41, 5.74) is 1.29. The van der Waals surface area contributed by atoms with Crippen molar-refractivity contribution in [1.82, 2.24) is 4.98 Å². The number of nitrogens with zero attached hydrogens (tertiary/aromatic N) is 1. The molecule has 2 rings (SSSR count). The number of hydrogen-bond acceptors (Lipinski definition) is 6. The average molecular weight is 332 g/mol. The molecule has 1 heterocycles. The van der Waals surface area contributed by atoms with Crippen LogP contribution < -0.4 is 10.1 Å². The van der Waals surface area contributed by atoms with Gasteiger partial charge in [-0.2, -0.15) is 0 Å². The minimum atomic E-state index is -0.232. The number of ether oxygens (including phenoxy) is 1. The minimum Gasteiger partial charge on any atom is -0.504 e. The second-order valence-electron chi connectivity index (χ2n) is 4.74. The predicted octanol–water partition coefficient (Wildman–Crippen LogP) is 3.02. The zero-order valence-corrected chi connectivity index (χ0v) is 13.7. The van der Waals surface area contributed by atoms with Crippen molar-refractivity contribution < 1.29 is 19.4 Å². The van der Waals surface area contributed by atoms with Gasteiger partial charge >= 0.3 is 0 Å². The normalized spacial score (nSPS) is 10.7. The van der Waals surface area contributed by atoms with Gasteiger partial charge in [0.15, 0.2) is 22.4 Å². The number of rotatable bonds is 5. The molecule has 0 aliphatic carbocycles. The molecule has 120 valence electrons. The van der Waals surface area contributed by atoms with E-state index in [1.54, 1.807) is 25.1 Å². The highest BCUT2D eigenvalue weighted by molar-refractivity contribution is 7.17. The SMILES string of the molecule is COc1cc(C=CC(=O)c2sc(NC(C)=O)nc2C)ccc1O. The van der Waals surface area contributed by atoms with E-state index in [9.17, 15) is 14.7 Å². The Labute approximate surface area is 137 Å². The van der Waals surface area contributed by atoms with Gasteiger partial charge in [0.1, 0.15) is 0 Å². The number of allylic oxidation sites excluding steroid dienone is 1. The van der Waals surface area contributed by atoms with Crippen LogP contribution in [0.15, 0.2) is 24.3 Å². The van der Waals surface area contributed by atoms with Crippen molar-refractivity contribution in [3.05, 3.63) is 40.4 Å². The Hall–Kier alpha value is -2.67. The van der Waals surface area contributed by atoms with Crippen LogP contribution in [0.1, 0.15) is 27.9 Å². The van der Waals surface area contributed by atoms with E-state index in [-0.39, 0.29) is 17.4 Å². The molecular formula is C16H16N2O4S. The first-order valence-electron chi connectivity index (χ1n) is 6.75. The highest BCUT2D eigenvalue weighted by Gasteiger charge is 2.13. The molecule has 2 N–H and O–H groups in total. The number of phenols is 1. The summed E-state index contributed by atoms with van der Waals surface area (Å²) in [7, 11) is 1.46. The molecule has 0 saturated heterocycles. The molecule has 0 saturated carbocycles. The molecule has 0 spiro atoms. The summed E-state index contributed by atoms with van der Waals surface area (Å²) in [6, 6.07) is 4.79. The van der Waals surface area contributed by atoms with Gasteiger partial charge in [-0.3, -0.25) is 9.59 Å². The van der Waals surface area contributed by atoms with E-state index in [1.807, 2.05) is 0 Å². The van der Waals surface area contributed by atoms with Crippen molar-refractivity contribution in [2.45, 2.75) is 13.8 Å². The van der Waals surface area contributed by atoms with E-state index in [0.29, 0.717) is 21.5 Å². The van der Waals surface area contributed by atoms with E-state index in [4.69, 9.17) is 4.74 Å². The lowest BCUT2D eigenvalue weighted by atomic mass is 10.1. The molecular weight excluding hydrogens is 316 g/mol. The number of thiazole rings is 1. The molecule has 1 aromatic carbocycles. The smallest absolute Gasteiger partial charge is 0.223 e. The van der Waals surface area contributed by atoms with Gasteiger partial charge < -0.3 is 15.2 Å². The number of aromatic nitrogens is 1. The Bertz CT molecular complexity index is 780. The predicted molar refractivity (Wildman–Crippen MR) is 89.2 cm³/mol. The third-order valence-corrected chi connectivity index (χ3v) is 4.02. The number of aromatic hydroxyl groups is 1. The number of benzene rings is 1. The van der Waals surface area contributed by atoms with Crippen molar-refractivity contribution in [1.29, 1.82) is 0 Å². The summed E-state index contributed by atoms with van der Waals surface area (Å²) in [6.07, 6.45) is 3.05. The largest absolute Gasteiger partial charge is 0.504 e. The van der Waals surface area contributed by atoms with Gasteiger partial charge in [0.2, 0.25) is 5.91 Å². The molecule has 0 fully saturated rings. The van der Waals surface area contributed by atoms with Crippen LogP contribution in [0.3, 0.4) is 0 Å².